The van der Waals surface area contributed by atoms with Gasteiger partial charge in [-0.3, -0.25) is 4.90 Å². The third-order valence-electron chi connectivity index (χ3n) is 3.82. The quantitative estimate of drug-likeness (QED) is 0.558. The minimum absolute atomic E-state index is 0.135. The fourth-order valence-corrected chi connectivity index (χ4v) is 2.51. The van der Waals surface area contributed by atoms with Crippen molar-refractivity contribution in [3.05, 3.63) is 0 Å². The number of unbranched alkanes of at least 4 members (excludes halogenated alkanes) is 2. The van der Waals surface area contributed by atoms with E-state index in [4.69, 9.17) is 4.74 Å². The van der Waals surface area contributed by atoms with Gasteiger partial charge in [0.2, 0.25) is 0 Å². The Morgan fingerprint density at radius 1 is 1.11 bits per heavy atom. The highest BCUT2D eigenvalue weighted by atomic mass is 16.5. The maximum absolute atomic E-state index is 10.1. The van der Waals surface area contributed by atoms with Crippen LogP contribution in [0.3, 0.4) is 0 Å². The average molecular weight is 275 g/mol. The molecule has 0 spiro atoms. The minimum atomic E-state index is -0.942. The Kier molecular flexibility index (Phi) is 7.87. The standard InChI is InChI=1S/C14H29NO4/c1-3-5-7-15-9-12(19-8-6-4-2)14(18)13(17)11(15)10-16/h11-14,16-18H,3-10H2,1-2H3/t11-,12+,13+,14-/m1/s1. The van der Waals surface area contributed by atoms with Crippen molar-refractivity contribution in [3.63, 3.8) is 0 Å². The van der Waals surface area contributed by atoms with Crippen molar-refractivity contribution >= 4 is 0 Å². The van der Waals surface area contributed by atoms with Gasteiger partial charge in [-0.1, -0.05) is 26.7 Å². The zero-order valence-electron chi connectivity index (χ0n) is 12.2. The van der Waals surface area contributed by atoms with Crippen LogP contribution in [0.5, 0.6) is 0 Å². The van der Waals surface area contributed by atoms with E-state index in [1.165, 1.54) is 0 Å². The van der Waals surface area contributed by atoms with Gasteiger partial charge in [0.25, 0.3) is 0 Å². The lowest BCUT2D eigenvalue weighted by atomic mass is 9.93. The highest BCUT2D eigenvalue weighted by Crippen LogP contribution is 2.21. The van der Waals surface area contributed by atoms with Crippen LogP contribution in [-0.2, 0) is 4.74 Å². The molecule has 0 aromatic carbocycles. The second-order valence-corrected chi connectivity index (χ2v) is 5.34. The lowest BCUT2D eigenvalue weighted by molar-refractivity contribution is -0.163. The third-order valence-corrected chi connectivity index (χ3v) is 3.82. The van der Waals surface area contributed by atoms with Gasteiger partial charge in [0.15, 0.2) is 0 Å². The van der Waals surface area contributed by atoms with Crippen LogP contribution in [0, 0.1) is 0 Å². The summed E-state index contributed by atoms with van der Waals surface area (Å²) in [5, 5.41) is 29.6. The number of ether oxygens (including phenoxy) is 1. The van der Waals surface area contributed by atoms with Gasteiger partial charge in [-0.05, 0) is 19.4 Å². The molecule has 114 valence electrons. The molecule has 0 saturated carbocycles. The van der Waals surface area contributed by atoms with E-state index >= 15 is 0 Å². The summed E-state index contributed by atoms with van der Waals surface area (Å²) in [6.45, 7) is 6.07. The van der Waals surface area contributed by atoms with Crippen molar-refractivity contribution in [2.75, 3.05) is 26.3 Å². The molecule has 1 heterocycles. The van der Waals surface area contributed by atoms with Gasteiger partial charge in [-0.25, -0.2) is 0 Å². The highest BCUT2D eigenvalue weighted by Gasteiger charge is 2.41. The molecular weight excluding hydrogens is 246 g/mol. The molecule has 1 rings (SSSR count). The first kappa shape index (κ1) is 16.9. The molecule has 5 nitrogen and oxygen atoms in total. The molecule has 1 aliphatic heterocycles. The lowest BCUT2D eigenvalue weighted by Crippen LogP contribution is -2.63. The van der Waals surface area contributed by atoms with Gasteiger partial charge in [0, 0.05) is 13.2 Å². The molecule has 0 aromatic heterocycles. The number of likely N-dealkylation sites (tertiary alicyclic amines) is 1. The number of aliphatic hydroxyl groups excluding tert-OH is 3. The first-order valence-electron chi connectivity index (χ1n) is 7.48. The maximum atomic E-state index is 10.1. The Hall–Kier alpha value is -0.200. The van der Waals surface area contributed by atoms with Crippen LogP contribution in [0.4, 0.5) is 0 Å². The molecule has 0 bridgehead atoms. The zero-order chi connectivity index (χ0) is 14.3. The molecule has 1 fully saturated rings. The summed E-state index contributed by atoms with van der Waals surface area (Å²) in [6.07, 6.45) is 1.87. The van der Waals surface area contributed by atoms with E-state index < -0.39 is 12.2 Å². The molecule has 0 amide bonds. The van der Waals surface area contributed by atoms with Gasteiger partial charge < -0.3 is 20.1 Å². The van der Waals surface area contributed by atoms with Crippen molar-refractivity contribution in [3.8, 4) is 0 Å². The molecule has 3 N–H and O–H groups in total. The molecule has 0 aliphatic carbocycles. The third kappa shape index (κ3) is 4.68. The van der Waals surface area contributed by atoms with Crippen LogP contribution in [-0.4, -0.2) is 70.9 Å². The second-order valence-electron chi connectivity index (χ2n) is 5.34. The number of hydrogen-bond donors (Lipinski definition) is 3. The molecule has 1 aliphatic rings. The normalized spacial score (nSPS) is 32.7. The average Bonchev–Trinajstić information content (AvgIpc) is 2.41. The van der Waals surface area contributed by atoms with Gasteiger partial charge >= 0.3 is 0 Å². The molecule has 1 saturated heterocycles. The van der Waals surface area contributed by atoms with Crippen molar-refractivity contribution < 1.29 is 20.1 Å². The van der Waals surface area contributed by atoms with E-state index in [0.717, 1.165) is 32.2 Å². The lowest BCUT2D eigenvalue weighted by Gasteiger charge is -2.44. The number of aliphatic hydroxyl groups is 3. The minimum Gasteiger partial charge on any atom is -0.395 e. The first-order valence-corrected chi connectivity index (χ1v) is 7.48. The molecule has 0 aromatic rings. The van der Waals surface area contributed by atoms with Crippen molar-refractivity contribution in [1.29, 1.82) is 0 Å². The van der Waals surface area contributed by atoms with Crippen molar-refractivity contribution in [2.45, 2.75) is 63.9 Å². The van der Waals surface area contributed by atoms with Gasteiger partial charge in [0.1, 0.15) is 12.2 Å². The van der Waals surface area contributed by atoms with E-state index in [9.17, 15) is 15.3 Å². The molecule has 19 heavy (non-hydrogen) atoms. The number of rotatable bonds is 8. The highest BCUT2D eigenvalue weighted by molar-refractivity contribution is 4.94. The van der Waals surface area contributed by atoms with Crippen LogP contribution >= 0.6 is 0 Å². The molecule has 4 atom stereocenters. The summed E-state index contributed by atoms with van der Waals surface area (Å²) in [7, 11) is 0. The van der Waals surface area contributed by atoms with Crippen LogP contribution in [0.25, 0.3) is 0 Å². The summed E-state index contributed by atoms with van der Waals surface area (Å²) >= 11 is 0. The molecular formula is C14H29NO4. The summed E-state index contributed by atoms with van der Waals surface area (Å²) in [5.41, 5.74) is 0. The predicted molar refractivity (Wildman–Crippen MR) is 74.0 cm³/mol. The Morgan fingerprint density at radius 2 is 1.79 bits per heavy atom. The molecule has 0 radical (unpaired) electrons. The van der Waals surface area contributed by atoms with Gasteiger partial charge in [-0.2, -0.15) is 0 Å². The monoisotopic (exact) mass is 275 g/mol. The number of hydrogen-bond acceptors (Lipinski definition) is 5. The van der Waals surface area contributed by atoms with Crippen LogP contribution < -0.4 is 0 Å². The summed E-state index contributed by atoms with van der Waals surface area (Å²) in [4.78, 5) is 2.04. The van der Waals surface area contributed by atoms with E-state index in [0.29, 0.717) is 13.2 Å². The van der Waals surface area contributed by atoms with E-state index in [-0.39, 0.29) is 18.8 Å². The van der Waals surface area contributed by atoms with Crippen LogP contribution in [0.15, 0.2) is 0 Å². The number of nitrogens with zero attached hydrogens (tertiary/aromatic N) is 1. The smallest absolute Gasteiger partial charge is 0.109 e. The van der Waals surface area contributed by atoms with Crippen LogP contribution in [0.1, 0.15) is 39.5 Å². The maximum Gasteiger partial charge on any atom is 0.109 e. The zero-order valence-corrected chi connectivity index (χ0v) is 12.2. The summed E-state index contributed by atoms with van der Waals surface area (Å²) in [6, 6.07) is -0.382. The van der Waals surface area contributed by atoms with Gasteiger partial charge in [-0.15, -0.1) is 0 Å². The topological polar surface area (TPSA) is 73.2 Å². The second kappa shape index (κ2) is 8.87. The first-order chi connectivity index (χ1) is 9.15. The van der Waals surface area contributed by atoms with E-state index in [1.54, 1.807) is 0 Å². The van der Waals surface area contributed by atoms with E-state index in [1.807, 2.05) is 4.90 Å². The van der Waals surface area contributed by atoms with Crippen molar-refractivity contribution in [2.24, 2.45) is 0 Å². The SMILES string of the molecule is CCCCO[C@H]1CN(CCCC)[C@H](CO)[C@H](O)[C@@H]1O. The Morgan fingerprint density at radius 3 is 2.37 bits per heavy atom. The summed E-state index contributed by atoms with van der Waals surface area (Å²) in [5.74, 6) is 0. The Balaban J connectivity index is 2.58. The molecule has 5 heteroatoms. The van der Waals surface area contributed by atoms with Crippen molar-refractivity contribution in [1.82, 2.24) is 4.90 Å². The predicted octanol–water partition coefficient (Wildman–Crippen LogP) is 0.370. The summed E-state index contributed by atoms with van der Waals surface area (Å²) < 4.78 is 5.68. The fourth-order valence-electron chi connectivity index (χ4n) is 2.51. The van der Waals surface area contributed by atoms with Gasteiger partial charge in [0.05, 0.1) is 18.8 Å². The Bertz CT molecular complexity index is 239. The largest absolute Gasteiger partial charge is 0.395 e. The van der Waals surface area contributed by atoms with E-state index in [2.05, 4.69) is 13.8 Å². The number of piperidine rings is 1. The fraction of sp³-hybridized carbons (Fsp3) is 1.00. The Labute approximate surface area is 116 Å². The molecule has 0 unspecified atom stereocenters. The van der Waals surface area contributed by atoms with Crippen LogP contribution in [0.2, 0.25) is 0 Å².